The Balaban J connectivity index is 2.01. The summed E-state index contributed by atoms with van der Waals surface area (Å²) in [5, 5.41) is 0. The summed E-state index contributed by atoms with van der Waals surface area (Å²) in [7, 11) is 0. The van der Waals surface area contributed by atoms with Gasteiger partial charge in [0.25, 0.3) is 0 Å². The molecule has 0 unspecified atom stereocenters. The van der Waals surface area contributed by atoms with Gasteiger partial charge in [-0.25, -0.2) is 0 Å². The van der Waals surface area contributed by atoms with E-state index in [1.54, 1.807) is 0 Å². The van der Waals surface area contributed by atoms with Crippen LogP contribution in [0.25, 0.3) is 0 Å². The molecule has 0 amide bonds. The van der Waals surface area contributed by atoms with Crippen molar-refractivity contribution >= 4 is 0 Å². The molecule has 0 heteroatoms. The molecule has 0 aromatic carbocycles. The maximum Gasteiger partial charge on any atom is -0.0233 e. The Kier molecular flexibility index (Phi) is 10.7. The average molecular weight is 277 g/mol. The molecule has 0 saturated heterocycles. The molecule has 1 rings (SSSR count). The Morgan fingerprint density at radius 3 is 2.30 bits per heavy atom. The van der Waals surface area contributed by atoms with Crippen molar-refractivity contribution in [3.8, 4) is 0 Å². The van der Waals surface area contributed by atoms with Crippen LogP contribution in [0.1, 0.15) is 90.9 Å². The Bertz CT molecular complexity index is 253. The van der Waals surface area contributed by atoms with Gasteiger partial charge in [0.15, 0.2) is 0 Å². The van der Waals surface area contributed by atoms with Gasteiger partial charge in [-0.05, 0) is 70.1 Å². The van der Waals surface area contributed by atoms with Crippen molar-refractivity contribution in [3.05, 3.63) is 24.3 Å². The topological polar surface area (TPSA) is 0 Å². The highest BCUT2D eigenvalue weighted by atomic mass is 14.2. The van der Waals surface area contributed by atoms with Crippen LogP contribution in [-0.4, -0.2) is 0 Å². The van der Waals surface area contributed by atoms with Crippen LogP contribution in [0.3, 0.4) is 0 Å². The zero-order valence-electron chi connectivity index (χ0n) is 13.9. The molecule has 20 heavy (non-hydrogen) atoms. The third-order valence-corrected chi connectivity index (χ3v) is 4.75. The lowest BCUT2D eigenvalue weighted by Crippen LogP contribution is -2.12. The summed E-state index contributed by atoms with van der Waals surface area (Å²) in [5.74, 6) is 1.90. The highest BCUT2D eigenvalue weighted by molar-refractivity contribution is 4.91. The summed E-state index contributed by atoms with van der Waals surface area (Å²) in [5.41, 5.74) is 0. The number of hydrogen-bond donors (Lipinski definition) is 0. The molecule has 0 aromatic rings. The molecule has 0 heterocycles. The van der Waals surface area contributed by atoms with Gasteiger partial charge in [0.1, 0.15) is 0 Å². The van der Waals surface area contributed by atoms with E-state index in [0.717, 1.165) is 11.8 Å². The SMILES string of the molecule is C/C=C/CCC1CCC(/C=C/CCCCCCC)CC1. The monoisotopic (exact) mass is 276 g/mol. The number of allylic oxidation sites excluding steroid dienone is 4. The minimum Gasteiger partial charge on any atom is -0.0917 e. The molecule has 0 atom stereocenters. The minimum absolute atomic E-state index is 0.892. The molecule has 0 N–H and O–H groups in total. The summed E-state index contributed by atoms with van der Waals surface area (Å²) in [4.78, 5) is 0. The minimum atomic E-state index is 0.892. The Labute approximate surface area is 127 Å². The number of hydrogen-bond acceptors (Lipinski definition) is 0. The highest BCUT2D eigenvalue weighted by Gasteiger charge is 2.18. The second-order valence-corrected chi connectivity index (χ2v) is 6.56. The normalized spacial score (nSPS) is 23.9. The van der Waals surface area contributed by atoms with Crippen LogP contribution >= 0.6 is 0 Å². The zero-order chi connectivity index (χ0) is 14.5. The number of rotatable bonds is 10. The van der Waals surface area contributed by atoms with Gasteiger partial charge in [-0.3, -0.25) is 0 Å². The van der Waals surface area contributed by atoms with E-state index in [4.69, 9.17) is 0 Å². The van der Waals surface area contributed by atoms with Crippen molar-refractivity contribution in [1.29, 1.82) is 0 Å². The third kappa shape index (κ3) is 8.61. The Morgan fingerprint density at radius 1 is 0.850 bits per heavy atom. The van der Waals surface area contributed by atoms with Crippen LogP contribution < -0.4 is 0 Å². The number of unbranched alkanes of at least 4 members (excludes halogenated alkanes) is 5. The van der Waals surface area contributed by atoms with Crippen molar-refractivity contribution in [2.75, 3.05) is 0 Å². The van der Waals surface area contributed by atoms with Crippen LogP contribution in [0.5, 0.6) is 0 Å². The van der Waals surface area contributed by atoms with Gasteiger partial charge in [-0.2, -0.15) is 0 Å². The van der Waals surface area contributed by atoms with E-state index >= 15 is 0 Å². The fourth-order valence-corrected chi connectivity index (χ4v) is 3.32. The lowest BCUT2D eigenvalue weighted by Gasteiger charge is -2.26. The fourth-order valence-electron chi connectivity index (χ4n) is 3.32. The van der Waals surface area contributed by atoms with Crippen molar-refractivity contribution in [3.63, 3.8) is 0 Å². The molecule has 0 bridgehead atoms. The molecule has 1 aliphatic rings. The molecule has 0 radical (unpaired) electrons. The van der Waals surface area contributed by atoms with Gasteiger partial charge >= 0.3 is 0 Å². The predicted molar refractivity (Wildman–Crippen MR) is 92.0 cm³/mol. The summed E-state index contributed by atoms with van der Waals surface area (Å²) in [6.07, 6.45) is 26.4. The summed E-state index contributed by atoms with van der Waals surface area (Å²) >= 11 is 0. The standard InChI is InChI=1S/C20H36/c1-3-5-7-8-9-10-12-14-20-17-15-19(16-18-20)13-11-6-4-2/h4,6,12,14,19-20H,3,5,7-11,13,15-18H2,1-2H3/b6-4+,14-12+. The summed E-state index contributed by atoms with van der Waals surface area (Å²) in [6.45, 7) is 4.42. The second kappa shape index (κ2) is 12.2. The van der Waals surface area contributed by atoms with E-state index in [9.17, 15) is 0 Å². The van der Waals surface area contributed by atoms with E-state index in [1.807, 2.05) is 0 Å². The first-order valence-corrected chi connectivity index (χ1v) is 9.14. The van der Waals surface area contributed by atoms with Gasteiger partial charge in [-0.15, -0.1) is 0 Å². The summed E-state index contributed by atoms with van der Waals surface area (Å²) < 4.78 is 0. The molecular formula is C20H36. The third-order valence-electron chi connectivity index (χ3n) is 4.75. The molecule has 0 aromatic heterocycles. The molecule has 1 aliphatic carbocycles. The maximum absolute atomic E-state index is 2.53. The van der Waals surface area contributed by atoms with E-state index in [0.29, 0.717) is 0 Å². The van der Waals surface area contributed by atoms with Crippen LogP contribution in [-0.2, 0) is 0 Å². The van der Waals surface area contributed by atoms with Crippen molar-refractivity contribution in [2.24, 2.45) is 11.8 Å². The second-order valence-electron chi connectivity index (χ2n) is 6.56. The highest BCUT2D eigenvalue weighted by Crippen LogP contribution is 2.32. The van der Waals surface area contributed by atoms with Crippen LogP contribution in [0.2, 0.25) is 0 Å². The lowest BCUT2D eigenvalue weighted by atomic mass is 9.80. The van der Waals surface area contributed by atoms with Crippen LogP contribution in [0.15, 0.2) is 24.3 Å². The van der Waals surface area contributed by atoms with Gasteiger partial charge in [0, 0.05) is 0 Å². The van der Waals surface area contributed by atoms with Gasteiger partial charge < -0.3 is 0 Å². The van der Waals surface area contributed by atoms with Gasteiger partial charge in [-0.1, -0.05) is 56.9 Å². The first-order valence-electron chi connectivity index (χ1n) is 9.14. The smallest absolute Gasteiger partial charge is 0.0233 e. The van der Waals surface area contributed by atoms with E-state index in [2.05, 4.69) is 38.2 Å². The molecule has 1 fully saturated rings. The first-order chi connectivity index (χ1) is 9.86. The first kappa shape index (κ1) is 17.5. The largest absolute Gasteiger partial charge is 0.0917 e. The zero-order valence-corrected chi connectivity index (χ0v) is 13.9. The molecule has 116 valence electrons. The molecule has 0 spiro atoms. The Morgan fingerprint density at radius 2 is 1.60 bits per heavy atom. The van der Waals surface area contributed by atoms with E-state index < -0.39 is 0 Å². The molecule has 1 saturated carbocycles. The maximum atomic E-state index is 2.53. The van der Waals surface area contributed by atoms with Crippen LogP contribution in [0.4, 0.5) is 0 Å². The quantitative estimate of drug-likeness (QED) is 0.296. The van der Waals surface area contributed by atoms with E-state index in [-0.39, 0.29) is 0 Å². The van der Waals surface area contributed by atoms with Crippen molar-refractivity contribution in [2.45, 2.75) is 90.9 Å². The van der Waals surface area contributed by atoms with Crippen LogP contribution in [0, 0.1) is 11.8 Å². The molecule has 0 nitrogen and oxygen atoms in total. The lowest BCUT2D eigenvalue weighted by molar-refractivity contribution is 0.297. The van der Waals surface area contributed by atoms with Gasteiger partial charge in [0.2, 0.25) is 0 Å². The van der Waals surface area contributed by atoms with E-state index in [1.165, 1.54) is 77.0 Å². The molecular weight excluding hydrogens is 240 g/mol. The van der Waals surface area contributed by atoms with Gasteiger partial charge in [0.05, 0.1) is 0 Å². The average Bonchev–Trinajstić information content (AvgIpc) is 2.48. The predicted octanol–water partition coefficient (Wildman–Crippen LogP) is 7.07. The Hall–Kier alpha value is -0.520. The molecule has 0 aliphatic heterocycles. The fraction of sp³-hybridized carbons (Fsp3) is 0.800. The van der Waals surface area contributed by atoms with Crippen molar-refractivity contribution in [1.82, 2.24) is 0 Å². The van der Waals surface area contributed by atoms with Crippen molar-refractivity contribution < 1.29 is 0 Å². The summed E-state index contributed by atoms with van der Waals surface area (Å²) in [6, 6.07) is 0.